The fourth-order valence-corrected chi connectivity index (χ4v) is 3.64. The van der Waals surface area contributed by atoms with E-state index < -0.39 is 0 Å². The predicted octanol–water partition coefficient (Wildman–Crippen LogP) is 4.31. The molecule has 0 saturated carbocycles. The van der Waals surface area contributed by atoms with Crippen LogP contribution in [0.4, 0.5) is 21.6 Å². The van der Waals surface area contributed by atoms with Crippen LogP contribution in [-0.4, -0.2) is 17.1 Å². The highest BCUT2D eigenvalue weighted by molar-refractivity contribution is 7.19. The SMILES string of the molecule is COc1ccc(N=O)cc1Nc1nc(-c2sc(N)nc2C)cs1. The highest BCUT2D eigenvalue weighted by Crippen LogP contribution is 2.36. The summed E-state index contributed by atoms with van der Waals surface area (Å²) in [7, 11) is 1.56. The Balaban J connectivity index is 1.90. The summed E-state index contributed by atoms with van der Waals surface area (Å²) in [5, 5.41) is 9.20. The van der Waals surface area contributed by atoms with E-state index in [1.54, 1.807) is 25.3 Å². The zero-order valence-corrected chi connectivity index (χ0v) is 14.0. The molecule has 0 aliphatic rings. The summed E-state index contributed by atoms with van der Waals surface area (Å²) in [6, 6.07) is 4.89. The number of nitroso groups, excluding NO2 is 1. The predicted molar refractivity (Wildman–Crippen MR) is 94.1 cm³/mol. The molecular formula is C14H13N5O2S2. The minimum Gasteiger partial charge on any atom is -0.495 e. The normalized spacial score (nSPS) is 10.5. The quantitative estimate of drug-likeness (QED) is 0.667. The van der Waals surface area contributed by atoms with Gasteiger partial charge in [0.05, 0.1) is 29.1 Å². The van der Waals surface area contributed by atoms with Crippen LogP contribution < -0.4 is 15.8 Å². The minimum absolute atomic E-state index is 0.316. The third kappa shape index (κ3) is 3.15. The molecule has 9 heteroatoms. The highest BCUT2D eigenvalue weighted by Gasteiger charge is 2.13. The number of benzene rings is 1. The summed E-state index contributed by atoms with van der Waals surface area (Å²) in [6.45, 7) is 1.90. The van der Waals surface area contributed by atoms with Crippen molar-refractivity contribution < 1.29 is 4.74 Å². The lowest BCUT2D eigenvalue weighted by atomic mass is 10.2. The van der Waals surface area contributed by atoms with E-state index in [1.807, 2.05) is 12.3 Å². The first-order valence-electron chi connectivity index (χ1n) is 6.58. The number of ether oxygens (including phenoxy) is 1. The fraction of sp³-hybridized carbons (Fsp3) is 0.143. The number of nitrogens with two attached hydrogens (primary N) is 1. The van der Waals surface area contributed by atoms with Crippen LogP contribution in [0, 0.1) is 11.8 Å². The van der Waals surface area contributed by atoms with Gasteiger partial charge in [-0.2, -0.15) is 0 Å². The average Bonchev–Trinajstić information content (AvgIpc) is 3.13. The van der Waals surface area contributed by atoms with Crippen LogP contribution >= 0.6 is 22.7 Å². The Morgan fingerprint density at radius 2 is 2.17 bits per heavy atom. The molecule has 23 heavy (non-hydrogen) atoms. The standard InChI is InChI=1S/C14H13N5O2S2/c1-7-12(23-13(15)16-7)10-6-22-14(18-10)17-9-5-8(19-20)3-4-11(9)21-2/h3-6H,1-2H3,(H2,15,16)(H,17,18). The van der Waals surface area contributed by atoms with Gasteiger partial charge in [0.25, 0.3) is 0 Å². The van der Waals surface area contributed by atoms with Crippen molar-refractivity contribution >= 4 is 44.3 Å². The van der Waals surface area contributed by atoms with Gasteiger partial charge in [-0.25, -0.2) is 9.97 Å². The molecule has 0 amide bonds. The molecule has 0 unspecified atom stereocenters. The second kappa shape index (κ2) is 6.31. The van der Waals surface area contributed by atoms with Gasteiger partial charge in [-0.15, -0.1) is 16.2 Å². The molecular weight excluding hydrogens is 334 g/mol. The number of hydrogen-bond donors (Lipinski definition) is 2. The number of nitrogen functional groups attached to an aromatic ring is 1. The number of nitrogens with zero attached hydrogens (tertiary/aromatic N) is 3. The Morgan fingerprint density at radius 3 is 2.83 bits per heavy atom. The summed E-state index contributed by atoms with van der Waals surface area (Å²) >= 11 is 2.84. The number of methoxy groups -OCH3 is 1. The Hall–Kier alpha value is -2.52. The van der Waals surface area contributed by atoms with Gasteiger partial charge in [0.1, 0.15) is 11.4 Å². The maximum atomic E-state index is 10.7. The third-order valence-electron chi connectivity index (χ3n) is 3.08. The van der Waals surface area contributed by atoms with Crippen LogP contribution in [0.1, 0.15) is 5.69 Å². The first-order chi connectivity index (χ1) is 11.1. The van der Waals surface area contributed by atoms with E-state index in [-0.39, 0.29) is 0 Å². The van der Waals surface area contributed by atoms with Crippen LogP contribution in [0.3, 0.4) is 0 Å². The largest absolute Gasteiger partial charge is 0.495 e. The first-order valence-corrected chi connectivity index (χ1v) is 8.27. The summed E-state index contributed by atoms with van der Waals surface area (Å²) in [5.74, 6) is 0.604. The summed E-state index contributed by atoms with van der Waals surface area (Å²) in [4.78, 5) is 20.4. The molecule has 3 rings (SSSR count). The summed E-state index contributed by atoms with van der Waals surface area (Å²) in [6.07, 6.45) is 0. The van der Waals surface area contributed by atoms with Crippen LogP contribution in [0.25, 0.3) is 10.6 Å². The number of aryl methyl sites for hydroxylation is 1. The number of nitrogens with one attached hydrogen (secondary N) is 1. The zero-order chi connectivity index (χ0) is 16.4. The first kappa shape index (κ1) is 15.4. The Bertz CT molecular complexity index is 859. The molecule has 0 aliphatic heterocycles. The molecule has 2 heterocycles. The topological polar surface area (TPSA) is 102 Å². The van der Waals surface area contributed by atoms with Crippen molar-refractivity contribution in [3.63, 3.8) is 0 Å². The van der Waals surface area contributed by atoms with E-state index in [0.717, 1.165) is 16.3 Å². The highest BCUT2D eigenvalue weighted by atomic mass is 32.1. The van der Waals surface area contributed by atoms with Gasteiger partial charge in [0.15, 0.2) is 10.3 Å². The molecule has 118 valence electrons. The molecule has 0 saturated heterocycles. The maximum absolute atomic E-state index is 10.7. The van der Waals surface area contributed by atoms with Crippen LogP contribution in [0.2, 0.25) is 0 Å². The van der Waals surface area contributed by atoms with Crippen molar-refractivity contribution in [2.75, 3.05) is 18.2 Å². The van der Waals surface area contributed by atoms with Gasteiger partial charge in [0.2, 0.25) is 0 Å². The molecule has 3 N–H and O–H groups in total. The molecule has 1 aromatic carbocycles. The van der Waals surface area contributed by atoms with Gasteiger partial charge in [-0.1, -0.05) is 11.3 Å². The van der Waals surface area contributed by atoms with Crippen molar-refractivity contribution in [1.29, 1.82) is 0 Å². The lowest BCUT2D eigenvalue weighted by molar-refractivity contribution is 0.417. The fourth-order valence-electron chi connectivity index (χ4n) is 2.06. The van der Waals surface area contributed by atoms with E-state index in [9.17, 15) is 4.91 Å². The van der Waals surface area contributed by atoms with Gasteiger partial charge in [0, 0.05) is 5.38 Å². The van der Waals surface area contributed by atoms with Crippen LogP contribution in [0.15, 0.2) is 28.8 Å². The summed E-state index contributed by atoms with van der Waals surface area (Å²) in [5.41, 5.74) is 8.34. The third-order valence-corrected chi connectivity index (χ3v) is 4.85. The average molecular weight is 347 g/mol. The van der Waals surface area contributed by atoms with Gasteiger partial charge in [-0.05, 0) is 30.3 Å². The molecule has 0 fully saturated rings. The monoisotopic (exact) mass is 347 g/mol. The van der Waals surface area contributed by atoms with Crippen molar-refractivity contribution in [3.8, 4) is 16.3 Å². The Labute approximate surface area is 140 Å². The van der Waals surface area contributed by atoms with Gasteiger partial charge < -0.3 is 15.8 Å². The Morgan fingerprint density at radius 1 is 1.35 bits per heavy atom. The molecule has 0 spiro atoms. The second-order valence-corrected chi connectivity index (χ2v) is 6.49. The van der Waals surface area contributed by atoms with E-state index >= 15 is 0 Å². The zero-order valence-electron chi connectivity index (χ0n) is 12.4. The lowest BCUT2D eigenvalue weighted by Crippen LogP contribution is -1.94. The number of thiazole rings is 2. The van der Waals surface area contributed by atoms with E-state index in [4.69, 9.17) is 10.5 Å². The van der Waals surface area contributed by atoms with Crippen LogP contribution in [-0.2, 0) is 0 Å². The number of hydrogen-bond acceptors (Lipinski definition) is 9. The van der Waals surface area contributed by atoms with E-state index in [0.29, 0.717) is 27.4 Å². The molecule has 0 atom stereocenters. The van der Waals surface area contributed by atoms with Crippen molar-refractivity contribution in [1.82, 2.24) is 9.97 Å². The number of anilines is 3. The van der Waals surface area contributed by atoms with Crippen molar-refractivity contribution in [3.05, 3.63) is 34.2 Å². The van der Waals surface area contributed by atoms with Gasteiger partial charge in [-0.3, -0.25) is 0 Å². The van der Waals surface area contributed by atoms with Crippen LogP contribution in [0.5, 0.6) is 5.75 Å². The maximum Gasteiger partial charge on any atom is 0.187 e. The minimum atomic E-state index is 0.316. The Kier molecular flexibility index (Phi) is 4.22. The lowest BCUT2D eigenvalue weighted by Gasteiger charge is -2.08. The van der Waals surface area contributed by atoms with Gasteiger partial charge >= 0.3 is 0 Å². The molecule has 7 nitrogen and oxygen atoms in total. The van der Waals surface area contributed by atoms with E-state index in [2.05, 4.69) is 20.5 Å². The number of rotatable bonds is 5. The van der Waals surface area contributed by atoms with E-state index in [1.165, 1.54) is 22.7 Å². The molecule has 0 aliphatic carbocycles. The molecule has 2 aromatic heterocycles. The van der Waals surface area contributed by atoms with Crippen molar-refractivity contribution in [2.24, 2.45) is 5.18 Å². The number of aromatic nitrogens is 2. The molecule has 3 aromatic rings. The second-order valence-electron chi connectivity index (χ2n) is 4.61. The molecule has 0 bridgehead atoms. The summed E-state index contributed by atoms with van der Waals surface area (Å²) < 4.78 is 5.28. The van der Waals surface area contributed by atoms with Crippen molar-refractivity contribution in [2.45, 2.75) is 6.92 Å². The smallest absolute Gasteiger partial charge is 0.187 e. The molecule has 0 radical (unpaired) electrons.